The summed E-state index contributed by atoms with van der Waals surface area (Å²) >= 11 is 0. The van der Waals surface area contributed by atoms with Gasteiger partial charge in [-0.25, -0.2) is 14.4 Å². The summed E-state index contributed by atoms with van der Waals surface area (Å²) in [7, 11) is 0. The predicted octanol–water partition coefficient (Wildman–Crippen LogP) is 5.34. The molecular formula is C26H26FN7O. The third kappa shape index (κ3) is 6.08. The minimum atomic E-state index is -0.603. The molecule has 0 fully saturated rings. The number of aromatic nitrogens is 4. The van der Waals surface area contributed by atoms with Gasteiger partial charge in [0.15, 0.2) is 11.6 Å². The van der Waals surface area contributed by atoms with Crippen LogP contribution >= 0.6 is 0 Å². The number of carbonyl (C=O) groups excluding carboxylic acids is 1. The quantitative estimate of drug-likeness (QED) is 0.285. The zero-order valence-corrected chi connectivity index (χ0v) is 19.5. The zero-order valence-electron chi connectivity index (χ0n) is 19.5. The maximum Gasteiger partial charge on any atom is 0.247 e. The second kappa shape index (κ2) is 10.6. The molecule has 0 bridgehead atoms. The number of rotatable bonds is 9. The second-order valence-corrected chi connectivity index (χ2v) is 7.89. The summed E-state index contributed by atoms with van der Waals surface area (Å²) < 4.78 is 16.5. The van der Waals surface area contributed by atoms with Crippen molar-refractivity contribution in [1.82, 2.24) is 19.5 Å². The Morgan fingerprint density at radius 3 is 2.60 bits per heavy atom. The molecule has 8 nitrogen and oxygen atoms in total. The largest absolute Gasteiger partial charge is 0.338 e. The summed E-state index contributed by atoms with van der Waals surface area (Å²) in [5.74, 6) is 0.371. The smallest absolute Gasteiger partial charge is 0.247 e. The van der Waals surface area contributed by atoms with Gasteiger partial charge in [0.1, 0.15) is 5.82 Å². The van der Waals surface area contributed by atoms with Crippen LogP contribution in [-0.4, -0.2) is 25.4 Å². The zero-order chi connectivity index (χ0) is 24.8. The normalized spacial score (nSPS) is 10.6. The summed E-state index contributed by atoms with van der Waals surface area (Å²) in [4.78, 5) is 24.4. The van der Waals surface area contributed by atoms with E-state index >= 15 is 0 Å². The van der Waals surface area contributed by atoms with E-state index in [-0.39, 0.29) is 17.7 Å². The second-order valence-electron chi connectivity index (χ2n) is 7.89. The van der Waals surface area contributed by atoms with Crippen LogP contribution in [0.5, 0.6) is 0 Å². The molecule has 0 aliphatic carbocycles. The van der Waals surface area contributed by atoms with Crippen LogP contribution in [0.2, 0.25) is 0 Å². The summed E-state index contributed by atoms with van der Waals surface area (Å²) in [6.45, 7) is 8.25. The maximum absolute atomic E-state index is 14.4. The molecule has 1 amide bonds. The summed E-state index contributed by atoms with van der Waals surface area (Å²) in [5.41, 5.74) is 4.02. The van der Waals surface area contributed by atoms with E-state index in [2.05, 4.69) is 55.2 Å². The number of imidazole rings is 1. The molecule has 2 aromatic carbocycles. The minimum Gasteiger partial charge on any atom is -0.338 e. The number of carbonyl (C=O) groups is 1. The van der Waals surface area contributed by atoms with Crippen LogP contribution in [0.25, 0.3) is 0 Å². The lowest BCUT2D eigenvalue weighted by Crippen LogP contribution is -2.07. The first-order valence-electron chi connectivity index (χ1n) is 11.1. The first-order valence-corrected chi connectivity index (χ1v) is 11.1. The molecule has 2 heterocycles. The van der Waals surface area contributed by atoms with Crippen LogP contribution < -0.4 is 16.0 Å². The van der Waals surface area contributed by atoms with Gasteiger partial charge < -0.3 is 20.5 Å². The Bertz CT molecular complexity index is 1350. The molecule has 0 radical (unpaired) electrons. The highest BCUT2D eigenvalue weighted by molar-refractivity contribution is 5.99. The van der Waals surface area contributed by atoms with Crippen molar-refractivity contribution >= 4 is 34.7 Å². The van der Waals surface area contributed by atoms with Gasteiger partial charge in [-0.2, -0.15) is 4.98 Å². The Morgan fingerprint density at radius 2 is 1.86 bits per heavy atom. The molecule has 4 aromatic rings. The predicted molar refractivity (Wildman–Crippen MR) is 136 cm³/mol. The van der Waals surface area contributed by atoms with E-state index in [1.807, 2.05) is 31.2 Å². The lowest BCUT2D eigenvalue weighted by molar-refractivity contribution is -0.111. The molecule has 0 saturated heterocycles. The van der Waals surface area contributed by atoms with E-state index in [9.17, 15) is 9.18 Å². The standard InChI is InChI=1S/C26H26FN7O/c1-4-23-29-17(3)15-34(23)16-18-9-11-19(12-10-18)32-26-28-14-22(27)25(33-26)31-21-8-6-7-20(13-21)30-24(35)5-2/h5-15H,2,4,16H2,1,3H3,(H,30,35)(H2,28,31,32,33). The molecule has 3 N–H and O–H groups in total. The first-order chi connectivity index (χ1) is 16.9. The summed E-state index contributed by atoms with van der Waals surface area (Å²) in [5, 5.41) is 8.69. The Hall–Kier alpha value is -4.53. The highest BCUT2D eigenvalue weighted by Crippen LogP contribution is 2.23. The third-order valence-electron chi connectivity index (χ3n) is 5.18. The van der Waals surface area contributed by atoms with Crippen molar-refractivity contribution in [3.63, 3.8) is 0 Å². The lowest BCUT2D eigenvalue weighted by atomic mass is 10.2. The van der Waals surface area contributed by atoms with Gasteiger partial charge in [-0.05, 0) is 48.9 Å². The monoisotopic (exact) mass is 471 g/mol. The molecule has 178 valence electrons. The molecule has 4 rings (SSSR count). The maximum atomic E-state index is 14.4. The van der Waals surface area contributed by atoms with Crippen LogP contribution in [-0.2, 0) is 17.8 Å². The number of nitrogens with zero attached hydrogens (tertiary/aromatic N) is 4. The number of hydrogen-bond acceptors (Lipinski definition) is 6. The Labute approximate surface area is 203 Å². The van der Waals surface area contributed by atoms with Gasteiger partial charge in [0.25, 0.3) is 0 Å². The topological polar surface area (TPSA) is 96.8 Å². The van der Waals surface area contributed by atoms with Gasteiger partial charge in [-0.15, -0.1) is 0 Å². The molecule has 0 unspecified atom stereocenters. The number of amides is 1. The number of halogens is 1. The van der Waals surface area contributed by atoms with Gasteiger partial charge in [-0.3, -0.25) is 4.79 Å². The van der Waals surface area contributed by atoms with Gasteiger partial charge in [-0.1, -0.05) is 31.7 Å². The molecule has 0 aliphatic rings. The van der Waals surface area contributed by atoms with Crippen LogP contribution in [0.1, 0.15) is 24.0 Å². The van der Waals surface area contributed by atoms with E-state index in [0.29, 0.717) is 11.4 Å². The van der Waals surface area contributed by atoms with Crippen LogP contribution in [0.15, 0.2) is 73.6 Å². The number of benzene rings is 2. The molecular weight excluding hydrogens is 445 g/mol. The van der Waals surface area contributed by atoms with Crippen molar-refractivity contribution in [3.05, 3.63) is 96.5 Å². The van der Waals surface area contributed by atoms with E-state index in [4.69, 9.17) is 0 Å². The van der Waals surface area contributed by atoms with Gasteiger partial charge in [0.2, 0.25) is 11.9 Å². The Kier molecular flexibility index (Phi) is 7.15. The average molecular weight is 472 g/mol. The number of hydrogen-bond donors (Lipinski definition) is 3. The van der Waals surface area contributed by atoms with E-state index in [1.165, 1.54) is 6.08 Å². The molecule has 0 saturated carbocycles. The molecule has 2 aromatic heterocycles. The highest BCUT2D eigenvalue weighted by Gasteiger charge is 2.09. The SMILES string of the molecule is C=CC(=O)Nc1cccc(Nc2nc(Nc3ccc(Cn4cc(C)nc4CC)cc3)ncc2F)c1. The summed E-state index contributed by atoms with van der Waals surface area (Å²) in [6, 6.07) is 14.7. The van der Waals surface area contributed by atoms with Crippen molar-refractivity contribution < 1.29 is 9.18 Å². The van der Waals surface area contributed by atoms with Gasteiger partial charge >= 0.3 is 0 Å². The van der Waals surface area contributed by atoms with E-state index in [1.54, 1.807) is 24.3 Å². The van der Waals surface area contributed by atoms with Gasteiger partial charge in [0.05, 0.1) is 11.9 Å². The van der Waals surface area contributed by atoms with E-state index in [0.717, 1.165) is 41.9 Å². The number of nitrogens with one attached hydrogen (secondary N) is 3. The van der Waals surface area contributed by atoms with Crippen LogP contribution in [0.3, 0.4) is 0 Å². The first kappa shape index (κ1) is 23.6. The van der Waals surface area contributed by atoms with E-state index < -0.39 is 5.82 Å². The molecule has 9 heteroatoms. The number of anilines is 5. The van der Waals surface area contributed by atoms with Crippen LogP contribution in [0.4, 0.5) is 33.2 Å². The molecule has 0 atom stereocenters. The Morgan fingerprint density at radius 1 is 1.09 bits per heavy atom. The highest BCUT2D eigenvalue weighted by atomic mass is 19.1. The third-order valence-corrected chi connectivity index (χ3v) is 5.18. The van der Waals surface area contributed by atoms with Crippen molar-refractivity contribution in [2.45, 2.75) is 26.8 Å². The average Bonchev–Trinajstić information content (AvgIpc) is 3.21. The number of aryl methyl sites for hydroxylation is 2. The van der Waals surface area contributed by atoms with Crippen molar-refractivity contribution in [3.8, 4) is 0 Å². The molecule has 35 heavy (non-hydrogen) atoms. The lowest BCUT2D eigenvalue weighted by Gasteiger charge is -2.11. The minimum absolute atomic E-state index is 0.00823. The van der Waals surface area contributed by atoms with Gasteiger partial charge in [0, 0.05) is 36.2 Å². The fourth-order valence-corrected chi connectivity index (χ4v) is 3.55. The molecule has 0 spiro atoms. The molecule has 0 aliphatic heterocycles. The Balaban J connectivity index is 1.45. The van der Waals surface area contributed by atoms with Crippen LogP contribution in [0, 0.1) is 12.7 Å². The summed E-state index contributed by atoms with van der Waals surface area (Å²) in [6.07, 6.45) is 5.20. The fraction of sp³-hybridized carbons (Fsp3) is 0.154. The van der Waals surface area contributed by atoms with Crippen molar-refractivity contribution in [1.29, 1.82) is 0 Å². The van der Waals surface area contributed by atoms with Crippen molar-refractivity contribution in [2.24, 2.45) is 0 Å². The fourth-order valence-electron chi connectivity index (χ4n) is 3.55. The van der Waals surface area contributed by atoms with Crippen molar-refractivity contribution in [2.75, 3.05) is 16.0 Å².